The monoisotopic (exact) mass is 458 g/mol. The van der Waals surface area contributed by atoms with Gasteiger partial charge >= 0.3 is 13.4 Å². The summed E-state index contributed by atoms with van der Waals surface area (Å²) in [7, 11) is 0.700. The number of hydrogen-bond donors (Lipinski definition) is 0. The quantitative estimate of drug-likeness (QED) is 0.218. The first-order valence-corrected chi connectivity index (χ1v) is 11.9. The fourth-order valence-electron chi connectivity index (χ4n) is 3.34. The predicted molar refractivity (Wildman–Crippen MR) is 123 cm³/mol. The molecule has 1 unspecified atom stereocenters. The fraction of sp³-hybridized carbons (Fsp3) is 0.364. The molecule has 0 amide bonds. The average Bonchev–Trinajstić information content (AvgIpc) is 3.65. The Labute approximate surface area is 187 Å². The molecule has 10 heteroatoms. The van der Waals surface area contributed by atoms with Crippen LogP contribution in [0.1, 0.15) is 24.2 Å². The van der Waals surface area contributed by atoms with E-state index in [0.717, 1.165) is 31.7 Å². The molecule has 9 nitrogen and oxygen atoms in total. The van der Waals surface area contributed by atoms with Crippen molar-refractivity contribution in [2.24, 2.45) is 0 Å². The fourth-order valence-corrected chi connectivity index (χ4v) is 5.69. The van der Waals surface area contributed by atoms with E-state index in [4.69, 9.17) is 9.26 Å². The van der Waals surface area contributed by atoms with Crippen LogP contribution in [0.5, 0.6) is 11.5 Å². The molecular weight excluding hydrogens is 431 g/mol. The van der Waals surface area contributed by atoms with E-state index in [9.17, 15) is 14.7 Å². The van der Waals surface area contributed by atoms with Gasteiger partial charge in [0.1, 0.15) is 5.75 Å². The van der Waals surface area contributed by atoms with E-state index in [1.54, 1.807) is 31.2 Å². The van der Waals surface area contributed by atoms with E-state index in [2.05, 4.69) is 6.58 Å². The minimum atomic E-state index is -3.03. The van der Waals surface area contributed by atoms with Crippen LogP contribution < -0.4 is 4.74 Å². The predicted octanol–water partition coefficient (Wildman–Crippen LogP) is 4.74. The van der Waals surface area contributed by atoms with Crippen molar-refractivity contribution in [1.29, 1.82) is 0 Å². The number of hydrogen-bond acceptors (Lipinski definition) is 6. The Bertz CT molecular complexity index is 1080. The number of rotatable bonds is 10. The third kappa shape index (κ3) is 4.56. The lowest BCUT2D eigenvalue weighted by atomic mass is 10.1. The average molecular weight is 458 g/mol. The van der Waals surface area contributed by atoms with Crippen LogP contribution in [0.2, 0.25) is 0 Å². The van der Waals surface area contributed by atoms with E-state index in [1.165, 1.54) is 6.07 Å². The molecule has 0 radical (unpaired) electrons. The summed E-state index contributed by atoms with van der Waals surface area (Å²) < 4.78 is 29.1. The van der Waals surface area contributed by atoms with E-state index < -0.39 is 18.7 Å². The third-order valence-corrected chi connectivity index (χ3v) is 8.29. The van der Waals surface area contributed by atoms with Crippen LogP contribution in [0.4, 0.5) is 5.69 Å². The maximum atomic E-state index is 13.3. The van der Waals surface area contributed by atoms with Crippen molar-refractivity contribution >= 4 is 19.1 Å². The highest BCUT2D eigenvalue weighted by atomic mass is 31.2. The van der Waals surface area contributed by atoms with E-state index >= 15 is 0 Å². The number of nitro benzene ring substituents is 1. The molecule has 2 heterocycles. The Morgan fingerprint density at radius 1 is 1.12 bits per heavy atom. The first-order valence-electron chi connectivity index (χ1n) is 10.4. The number of nitrogens with zero attached hydrogens (tertiary/aromatic N) is 4. The second-order valence-electron chi connectivity index (χ2n) is 8.07. The molecule has 32 heavy (non-hydrogen) atoms. The van der Waals surface area contributed by atoms with Crippen LogP contribution in [0.25, 0.3) is 5.70 Å². The van der Waals surface area contributed by atoms with Crippen LogP contribution >= 0.6 is 7.67 Å². The third-order valence-electron chi connectivity index (χ3n) is 5.47. The van der Waals surface area contributed by atoms with Gasteiger partial charge in [-0.15, -0.1) is 0 Å². The summed E-state index contributed by atoms with van der Waals surface area (Å²) in [4.78, 5) is 13.0. The molecule has 2 aliphatic heterocycles. The summed E-state index contributed by atoms with van der Waals surface area (Å²) in [5.41, 5.74) is 1.94. The molecule has 0 bridgehead atoms. The molecule has 0 aliphatic carbocycles. The summed E-state index contributed by atoms with van der Waals surface area (Å²) >= 11 is 0. The van der Waals surface area contributed by atoms with E-state index in [1.807, 2.05) is 40.5 Å². The van der Waals surface area contributed by atoms with E-state index in [-0.39, 0.29) is 11.4 Å². The van der Waals surface area contributed by atoms with Crippen LogP contribution in [-0.4, -0.2) is 59.4 Å². The molecule has 2 aromatic rings. The normalized spacial score (nSPS) is 17.0. The highest BCUT2D eigenvalue weighted by molar-refractivity contribution is 7.54. The zero-order valence-corrected chi connectivity index (χ0v) is 19.3. The second kappa shape index (κ2) is 8.67. The Kier molecular flexibility index (Phi) is 6.09. The summed E-state index contributed by atoms with van der Waals surface area (Å²) in [6.07, 6.45) is -0.530. The molecule has 0 aromatic heterocycles. The Hall–Kier alpha value is -2.71. The lowest BCUT2D eigenvalue weighted by molar-refractivity contribution is -0.385. The molecule has 2 fully saturated rings. The molecule has 2 saturated heterocycles. The van der Waals surface area contributed by atoms with Crippen LogP contribution in [0, 0.1) is 10.1 Å². The van der Waals surface area contributed by atoms with Crippen molar-refractivity contribution in [2.75, 3.05) is 40.3 Å². The zero-order valence-electron chi connectivity index (χ0n) is 18.4. The summed E-state index contributed by atoms with van der Waals surface area (Å²) in [6.45, 7) is 8.87. The maximum Gasteiger partial charge on any atom is 0.346 e. The number of benzene rings is 2. The summed E-state index contributed by atoms with van der Waals surface area (Å²) in [6, 6.07) is 11.9. The smallest absolute Gasteiger partial charge is 0.346 e. The second-order valence-corrected chi connectivity index (χ2v) is 10.4. The maximum absolute atomic E-state index is 13.3. The minimum Gasteiger partial charge on any atom is -0.449 e. The molecule has 170 valence electrons. The lowest BCUT2D eigenvalue weighted by Gasteiger charge is -2.24. The van der Waals surface area contributed by atoms with Gasteiger partial charge < -0.3 is 9.64 Å². The van der Waals surface area contributed by atoms with Gasteiger partial charge in [0.15, 0.2) is 0 Å². The highest BCUT2D eigenvalue weighted by Crippen LogP contribution is 2.63. The summed E-state index contributed by atoms with van der Waals surface area (Å²) in [5.74, 6) is 0.550. The molecule has 0 N–H and O–H groups in total. The molecule has 1 atom stereocenters. The van der Waals surface area contributed by atoms with Gasteiger partial charge in [-0.1, -0.05) is 18.7 Å². The van der Waals surface area contributed by atoms with Crippen molar-refractivity contribution in [3.8, 4) is 11.5 Å². The Balaban J connectivity index is 1.64. The Morgan fingerprint density at radius 3 is 2.31 bits per heavy atom. The van der Waals surface area contributed by atoms with Gasteiger partial charge in [-0.25, -0.2) is 9.34 Å². The highest BCUT2D eigenvalue weighted by Gasteiger charge is 2.50. The van der Waals surface area contributed by atoms with Crippen LogP contribution in [-0.2, 0) is 9.09 Å². The van der Waals surface area contributed by atoms with Crippen molar-refractivity contribution < 1.29 is 18.7 Å². The Morgan fingerprint density at radius 2 is 1.75 bits per heavy atom. The van der Waals surface area contributed by atoms with Gasteiger partial charge in [-0.05, 0) is 36.8 Å². The standard InChI is InChI=1S/C22H27N4O5P/c1-16(23(3)4)19-7-5-6-8-21(19)30-22-15-18(9-10-20(22)26(27)28)17(2)31-32(29,24-11-12-24)25-13-14-25/h5-10,15,17H,1,11-14H2,2-4H3. The van der Waals surface area contributed by atoms with Gasteiger partial charge in [-0.2, -0.15) is 0 Å². The largest absolute Gasteiger partial charge is 0.449 e. The van der Waals surface area contributed by atoms with Crippen LogP contribution in [0.15, 0.2) is 49.0 Å². The SMILES string of the molecule is C=C(c1ccccc1Oc1cc(C(C)OP(=O)(N2CC2)N2CC2)ccc1[N+](=O)[O-])N(C)C. The van der Waals surface area contributed by atoms with Crippen molar-refractivity contribution in [2.45, 2.75) is 13.0 Å². The van der Waals surface area contributed by atoms with Gasteiger partial charge in [0, 0.05) is 57.6 Å². The number of para-hydroxylation sites is 1. The molecular formula is C22H27N4O5P. The van der Waals surface area contributed by atoms with Gasteiger partial charge in [0.05, 0.1) is 11.0 Å². The molecule has 0 spiro atoms. The first kappa shape index (κ1) is 22.5. The molecule has 4 rings (SSSR count). The lowest BCUT2D eigenvalue weighted by Crippen LogP contribution is -2.11. The van der Waals surface area contributed by atoms with E-state index in [0.29, 0.717) is 17.0 Å². The van der Waals surface area contributed by atoms with Gasteiger partial charge in [0.2, 0.25) is 5.75 Å². The zero-order chi connectivity index (χ0) is 23.0. The van der Waals surface area contributed by atoms with Gasteiger partial charge in [0.25, 0.3) is 0 Å². The topological polar surface area (TPSA) is 87.9 Å². The molecule has 2 aromatic carbocycles. The van der Waals surface area contributed by atoms with Gasteiger partial charge in [-0.3, -0.25) is 19.2 Å². The first-order chi connectivity index (χ1) is 15.2. The minimum absolute atomic E-state index is 0.0928. The number of ether oxygens (including phenoxy) is 1. The molecule has 2 aliphatic rings. The van der Waals surface area contributed by atoms with Crippen molar-refractivity contribution in [3.05, 3.63) is 70.3 Å². The van der Waals surface area contributed by atoms with Crippen molar-refractivity contribution in [1.82, 2.24) is 14.2 Å². The van der Waals surface area contributed by atoms with Crippen molar-refractivity contribution in [3.63, 3.8) is 0 Å². The molecule has 0 saturated carbocycles. The number of nitro groups is 1. The van der Waals surface area contributed by atoms with Crippen LogP contribution in [0.3, 0.4) is 0 Å². The summed E-state index contributed by atoms with van der Waals surface area (Å²) in [5, 5.41) is 11.7.